The summed E-state index contributed by atoms with van der Waals surface area (Å²) >= 11 is 0. The van der Waals surface area contributed by atoms with Gasteiger partial charge in [-0.2, -0.15) is 0 Å². The number of rotatable bonds is 7. The molecule has 1 aliphatic heterocycles. The number of hydrogen-bond acceptors (Lipinski definition) is 5. The van der Waals surface area contributed by atoms with Crippen LogP contribution in [0.5, 0.6) is 0 Å². The zero-order chi connectivity index (χ0) is 14.2. The van der Waals surface area contributed by atoms with Gasteiger partial charge < -0.3 is 24.8 Å². The summed E-state index contributed by atoms with van der Waals surface area (Å²) in [6.45, 7) is 8.71. The van der Waals surface area contributed by atoms with Crippen LogP contribution in [0.4, 0.5) is 0 Å². The molecule has 0 amide bonds. The van der Waals surface area contributed by atoms with E-state index in [-0.39, 0.29) is 12.7 Å². The van der Waals surface area contributed by atoms with Crippen LogP contribution in [0.3, 0.4) is 0 Å². The lowest BCUT2D eigenvalue weighted by molar-refractivity contribution is -0.0465. The average molecular weight is 266 g/mol. The van der Waals surface area contributed by atoms with Gasteiger partial charge in [-0.05, 0) is 26.7 Å². The first-order valence-electron chi connectivity index (χ1n) is 6.78. The Labute approximate surface area is 111 Å². The molecule has 1 unspecified atom stereocenters. The topological polar surface area (TPSA) is 82.5 Å². The van der Waals surface area contributed by atoms with Crippen LogP contribution in [0.2, 0.25) is 0 Å². The van der Waals surface area contributed by atoms with Crippen molar-refractivity contribution in [1.82, 2.24) is 0 Å². The molecule has 1 aliphatic rings. The molecule has 0 bridgehead atoms. The molecule has 112 valence electrons. The second-order valence-corrected chi connectivity index (χ2v) is 3.90. The van der Waals surface area contributed by atoms with Gasteiger partial charge in [0, 0.05) is 13.2 Å². The lowest BCUT2D eigenvalue weighted by Crippen LogP contribution is -2.02. The van der Waals surface area contributed by atoms with Crippen LogP contribution in [-0.4, -0.2) is 54.1 Å². The van der Waals surface area contributed by atoms with Crippen LogP contribution in [0.25, 0.3) is 0 Å². The first kappa shape index (κ1) is 20.1. The molecule has 0 aromatic heterocycles. The quantitative estimate of drug-likeness (QED) is 0.367. The summed E-state index contributed by atoms with van der Waals surface area (Å²) in [4.78, 5) is 0. The third kappa shape index (κ3) is 24.9. The second-order valence-electron chi connectivity index (χ2n) is 3.90. The number of hydrogen-bond donors (Lipinski definition) is 3. The Morgan fingerprint density at radius 1 is 1.17 bits per heavy atom. The number of ether oxygens (including phenoxy) is 2. The number of aliphatic hydroxyl groups is 3. The van der Waals surface area contributed by atoms with E-state index in [1.165, 1.54) is 0 Å². The zero-order valence-electron chi connectivity index (χ0n) is 12.0. The monoisotopic (exact) mass is 266 g/mol. The van der Waals surface area contributed by atoms with Crippen LogP contribution in [0.1, 0.15) is 46.5 Å². The molecular formula is C13H30O5. The summed E-state index contributed by atoms with van der Waals surface area (Å²) in [7, 11) is 0. The molecule has 1 heterocycles. The van der Waals surface area contributed by atoms with E-state index in [2.05, 4.69) is 11.7 Å². The zero-order valence-corrected chi connectivity index (χ0v) is 12.0. The SMILES string of the molecule is CCCCCC(O)O.CCOCC.OCC1CO1. The van der Waals surface area contributed by atoms with Gasteiger partial charge in [-0.25, -0.2) is 0 Å². The Kier molecular flexibility index (Phi) is 18.8. The molecule has 3 N–H and O–H groups in total. The van der Waals surface area contributed by atoms with Crippen molar-refractivity contribution < 1.29 is 24.8 Å². The van der Waals surface area contributed by atoms with Crippen molar-refractivity contribution in [3.63, 3.8) is 0 Å². The fraction of sp³-hybridized carbons (Fsp3) is 1.00. The third-order valence-electron chi connectivity index (χ3n) is 2.08. The first-order chi connectivity index (χ1) is 8.62. The summed E-state index contributed by atoms with van der Waals surface area (Å²) < 4.78 is 9.44. The average Bonchev–Trinajstić information content (AvgIpc) is 3.15. The molecule has 5 heteroatoms. The highest BCUT2D eigenvalue weighted by Crippen LogP contribution is 2.04. The predicted octanol–water partition coefficient (Wildman–Crippen LogP) is 1.30. The van der Waals surface area contributed by atoms with Gasteiger partial charge in [-0.1, -0.05) is 19.8 Å². The molecular weight excluding hydrogens is 236 g/mol. The van der Waals surface area contributed by atoms with E-state index in [4.69, 9.17) is 20.1 Å². The van der Waals surface area contributed by atoms with Gasteiger partial charge in [0.15, 0.2) is 6.29 Å². The van der Waals surface area contributed by atoms with Crippen molar-refractivity contribution in [2.75, 3.05) is 26.4 Å². The van der Waals surface area contributed by atoms with E-state index < -0.39 is 6.29 Å². The van der Waals surface area contributed by atoms with Crippen molar-refractivity contribution in [1.29, 1.82) is 0 Å². The predicted molar refractivity (Wildman–Crippen MR) is 71.4 cm³/mol. The van der Waals surface area contributed by atoms with Gasteiger partial charge >= 0.3 is 0 Å². The van der Waals surface area contributed by atoms with Crippen LogP contribution < -0.4 is 0 Å². The first-order valence-corrected chi connectivity index (χ1v) is 6.78. The molecule has 18 heavy (non-hydrogen) atoms. The third-order valence-corrected chi connectivity index (χ3v) is 2.08. The molecule has 0 aromatic carbocycles. The fourth-order valence-corrected chi connectivity index (χ4v) is 0.954. The van der Waals surface area contributed by atoms with Crippen molar-refractivity contribution in [2.45, 2.75) is 58.8 Å². The standard InChI is InChI=1S/C6H14O2.C4H10O.C3H6O2/c1-2-3-4-5-6(7)8;1-3-5-4-2;4-1-3-2-5-3/h6-8H,2-5H2,1H3;3-4H2,1-2H3;3-4H,1-2H2. The minimum atomic E-state index is -1.10. The summed E-state index contributed by atoms with van der Waals surface area (Å²) in [6, 6.07) is 0. The Morgan fingerprint density at radius 3 is 1.89 bits per heavy atom. The maximum atomic E-state index is 8.33. The largest absolute Gasteiger partial charge is 0.394 e. The van der Waals surface area contributed by atoms with Gasteiger partial charge in [-0.15, -0.1) is 0 Å². The van der Waals surface area contributed by atoms with Gasteiger partial charge in [0.25, 0.3) is 0 Å². The summed E-state index contributed by atoms with van der Waals surface area (Å²) in [5.74, 6) is 0. The van der Waals surface area contributed by atoms with E-state index >= 15 is 0 Å². The molecule has 0 spiro atoms. The lowest BCUT2D eigenvalue weighted by atomic mass is 10.2. The van der Waals surface area contributed by atoms with Gasteiger partial charge in [0.2, 0.25) is 0 Å². The molecule has 1 saturated heterocycles. The highest BCUT2D eigenvalue weighted by molar-refractivity contribution is 4.65. The molecule has 1 atom stereocenters. The van der Waals surface area contributed by atoms with Gasteiger partial charge in [-0.3, -0.25) is 0 Å². The van der Waals surface area contributed by atoms with E-state index in [0.29, 0.717) is 6.42 Å². The number of epoxide rings is 1. The number of aliphatic hydroxyl groups excluding tert-OH is 2. The van der Waals surface area contributed by atoms with Crippen LogP contribution in [0.15, 0.2) is 0 Å². The van der Waals surface area contributed by atoms with Crippen LogP contribution >= 0.6 is 0 Å². The fourth-order valence-electron chi connectivity index (χ4n) is 0.954. The Bertz CT molecular complexity index is 135. The highest BCUT2D eigenvalue weighted by atomic mass is 16.6. The number of unbranched alkanes of at least 4 members (excludes halogenated alkanes) is 2. The molecule has 5 nitrogen and oxygen atoms in total. The Balaban J connectivity index is 0. The summed E-state index contributed by atoms with van der Waals surface area (Å²) in [5.41, 5.74) is 0. The minimum Gasteiger partial charge on any atom is -0.394 e. The lowest BCUT2D eigenvalue weighted by Gasteiger charge is -1.99. The molecule has 0 radical (unpaired) electrons. The van der Waals surface area contributed by atoms with Crippen LogP contribution in [-0.2, 0) is 9.47 Å². The van der Waals surface area contributed by atoms with Crippen molar-refractivity contribution >= 4 is 0 Å². The van der Waals surface area contributed by atoms with E-state index in [1.54, 1.807) is 0 Å². The molecule has 1 rings (SSSR count). The molecule has 1 fully saturated rings. The van der Waals surface area contributed by atoms with Gasteiger partial charge in [0.1, 0.15) is 6.10 Å². The molecule has 0 aliphatic carbocycles. The van der Waals surface area contributed by atoms with Crippen LogP contribution in [0, 0.1) is 0 Å². The van der Waals surface area contributed by atoms with E-state index in [1.807, 2.05) is 13.8 Å². The maximum absolute atomic E-state index is 8.33. The van der Waals surface area contributed by atoms with Crippen molar-refractivity contribution in [2.24, 2.45) is 0 Å². The van der Waals surface area contributed by atoms with Crippen molar-refractivity contribution in [3.8, 4) is 0 Å². The van der Waals surface area contributed by atoms with E-state index in [9.17, 15) is 0 Å². The molecule has 0 saturated carbocycles. The summed E-state index contributed by atoms with van der Waals surface area (Å²) in [5, 5.41) is 24.8. The normalized spacial score (nSPS) is 16.5. The van der Waals surface area contributed by atoms with E-state index in [0.717, 1.165) is 39.1 Å². The Morgan fingerprint density at radius 2 is 1.72 bits per heavy atom. The highest BCUT2D eigenvalue weighted by Gasteiger charge is 2.19. The smallest absolute Gasteiger partial charge is 0.151 e. The van der Waals surface area contributed by atoms with Gasteiger partial charge in [0.05, 0.1) is 13.2 Å². The Hall–Kier alpha value is -0.200. The minimum absolute atomic E-state index is 0.190. The van der Waals surface area contributed by atoms with Crippen molar-refractivity contribution in [3.05, 3.63) is 0 Å². The molecule has 0 aromatic rings. The second kappa shape index (κ2) is 16.8. The maximum Gasteiger partial charge on any atom is 0.151 e. The summed E-state index contributed by atoms with van der Waals surface area (Å²) in [6.07, 6.45) is 2.77.